The van der Waals surface area contributed by atoms with E-state index >= 15 is 0 Å². The molecule has 0 aliphatic rings. The van der Waals surface area contributed by atoms with Crippen LogP contribution in [0.5, 0.6) is 0 Å². The van der Waals surface area contributed by atoms with Gasteiger partial charge in [0.05, 0.1) is 0 Å². The molecule has 3 nitrogen and oxygen atoms in total. The Hall–Kier alpha value is -7.36. The minimum absolute atomic E-state index is 0.846. The maximum absolute atomic E-state index is 6.83. The summed E-state index contributed by atoms with van der Waals surface area (Å²) in [4.78, 5) is 2.33. The van der Waals surface area contributed by atoms with Crippen LogP contribution in [0.1, 0.15) is 0 Å². The Kier molecular flexibility index (Phi) is 7.17. The molecule has 258 valence electrons. The van der Waals surface area contributed by atoms with Crippen LogP contribution in [0.2, 0.25) is 0 Å². The molecule has 55 heavy (non-hydrogen) atoms. The summed E-state index contributed by atoms with van der Waals surface area (Å²) in [5.74, 6) is 0. The van der Waals surface area contributed by atoms with E-state index in [1.807, 2.05) is 12.1 Å². The van der Waals surface area contributed by atoms with E-state index in [2.05, 4.69) is 193 Å². The number of furan rings is 2. The highest BCUT2D eigenvalue weighted by atomic mass is 16.3. The van der Waals surface area contributed by atoms with Crippen molar-refractivity contribution in [2.45, 2.75) is 0 Å². The van der Waals surface area contributed by atoms with Gasteiger partial charge in [0.15, 0.2) is 0 Å². The first-order valence-electron chi connectivity index (χ1n) is 18.7. The number of benzene rings is 9. The van der Waals surface area contributed by atoms with Gasteiger partial charge in [-0.25, -0.2) is 0 Å². The fraction of sp³-hybridized carbons (Fsp3) is 0. The molecule has 3 heteroatoms. The normalized spacial score (nSPS) is 11.6. The van der Waals surface area contributed by atoms with Gasteiger partial charge >= 0.3 is 0 Å². The second kappa shape index (κ2) is 12.6. The molecule has 0 spiro atoms. The van der Waals surface area contributed by atoms with Crippen LogP contribution < -0.4 is 4.90 Å². The molecule has 11 rings (SSSR count). The third-order valence-corrected chi connectivity index (χ3v) is 10.8. The molecule has 0 radical (unpaired) electrons. The van der Waals surface area contributed by atoms with E-state index in [9.17, 15) is 0 Å². The molecule has 0 atom stereocenters. The zero-order valence-corrected chi connectivity index (χ0v) is 29.8. The Morgan fingerprint density at radius 1 is 0.273 bits per heavy atom. The lowest BCUT2D eigenvalue weighted by Crippen LogP contribution is -2.10. The number of nitrogens with zero attached hydrogens (tertiary/aromatic N) is 1. The van der Waals surface area contributed by atoms with Crippen LogP contribution in [-0.4, -0.2) is 0 Å². The van der Waals surface area contributed by atoms with Gasteiger partial charge in [-0.15, -0.1) is 0 Å². The maximum Gasteiger partial charge on any atom is 0.143 e. The van der Waals surface area contributed by atoms with Crippen molar-refractivity contribution in [3.05, 3.63) is 200 Å². The van der Waals surface area contributed by atoms with E-state index in [0.29, 0.717) is 0 Å². The molecule has 0 saturated heterocycles. The number of para-hydroxylation sites is 1. The molecule has 0 saturated carbocycles. The molecule has 11 aromatic rings. The van der Waals surface area contributed by atoms with Crippen molar-refractivity contribution in [3.63, 3.8) is 0 Å². The quantitative estimate of drug-likeness (QED) is 0.173. The summed E-state index contributed by atoms with van der Waals surface area (Å²) in [6, 6.07) is 70.9. The molecule has 0 fully saturated rings. The first kappa shape index (κ1) is 31.2. The predicted octanol–water partition coefficient (Wildman–Crippen LogP) is 15.1. The Morgan fingerprint density at radius 3 is 1.56 bits per heavy atom. The largest absolute Gasteiger partial charge is 0.456 e. The highest BCUT2D eigenvalue weighted by Gasteiger charge is 2.19. The number of fused-ring (bicyclic) bond motifs is 8. The fourth-order valence-corrected chi connectivity index (χ4v) is 8.21. The highest BCUT2D eigenvalue weighted by Crippen LogP contribution is 2.44. The summed E-state index contributed by atoms with van der Waals surface area (Å²) in [5, 5.41) is 6.74. The average Bonchev–Trinajstić information content (AvgIpc) is 3.82. The van der Waals surface area contributed by atoms with E-state index in [-0.39, 0.29) is 0 Å². The van der Waals surface area contributed by atoms with Crippen LogP contribution in [-0.2, 0) is 0 Å². The van der Waals surface area contributed by atoms with Crippen molar-refractivity contribution < 1.29 is 8.83 Å². The summed E-state index contributed by atoms with van der Waals surface area (Å²) >= 11 is 0. The molecule has 0 unspecified atom stereocenters. The number of rotatable bonds is 6. The minimum Gasteiger partial charge on any atom is -0.456 e. The molecular formula is C52H33NO2. The Balaban J connectivity index is 1.09. The van der Waals surface area contributed by atoms with Crippen LogP contribution in [0, 0.1) is 0 Å². The molecule has 0 aliphatic carbocycles. The first-order valence-corrected chi connectivity index (χ1v) is 18.7. The molecule has 0 bridgehead atoms. The molecule has 0 N–H and O–H groups in total. The lowest BCUT2D eigenvalue weighted by atomic mass is 9.95. The standard InChI is InChI=1S/C52H33NO2/c1-3-13-34(14-4-1)36-17-11-19-39(29-36)53(40-20-12-18-37(30-40)38-25-27-44-43-22-9-10-24-49(43)54-50(44)31-38)41-26-28-45-48-33-47(35-15-5-2-6-16-35)42-21-7-8-23-46(42)52(48)55-51(45)32-41/h1-33H. The summed E-state index contributed by atoms with van der Waals surface area (Å²) in [6.07, 6.45) is 0. The highest BCUT2D eigenvalue weighted by molar-refractivity contribution is 6.19. The summed E-state index contributed by atoms with van der Waals surface area (Å²) < 4.78 is 13.1. The lowest BCUT2D eigenvalue weighted by molar-refractivity contribution is 0.669. The predicted molar refractivity (Wildman–Crippen MR) is 229 cm³/mol. The summed E-state index contributed by atoms with van der Waals surface area (Å²) in [6.45, 7) is 0. The molecule has 0 aliphatic heterocycles. The molecule has 2 heterocycles. The van der Waals surface area contributed by atoms with E-state index in [1.54, 1.807) is 0 Å². The third kappa shape index (κ3) is 5.28. The first-order chi connectivity index (χ1) is 27.2. The van der Waals surface area contributed by atoms with E-state index in [0.717, 1.165) is 83.0 Å². The Bertz CT molecular complexity index is 3210. The fourth-order valence-electron chi connectivity index (χ4n) is 8.21. The van der Waals surface area contributed by atoms with Crippen LogP contribution in [0.15, 0.2) is 209 Å². The number of hydrogen-bond donors (Lipinski definition) is 0. The molecular weight excluding hydrogens is 671 g/mol. The third-order valence-electron chi connectivity index (χ3n) is 10.8. The van der Waals surface area contributed by atoms with E-state index in [4.69, 9.17) is 8.83 Å². The van der Waals surface area contributed by atoms with Crippen molar-refractivity contribution in [2.24, 2.45) is 0 Å². The van der Waals surface area contributed by atoms with Crippen molar-refractivity contribution in [1.29, 1.82) is 0 Å². The van der Waals surface area contributed by atoms with Gasteiger partial charge in [0, 0.05) is 50.1 Å². The van der Waals surface area contributed by atoms with Crippen LogP contribution in [0.4, 0.5) is 17.1 Å². The lowest BCUT2D eigenvalue weighted by Gasteiger charge is -2.26. The summed E-state index contributed by atoms with van der Waals surface area (Å²) in [7, 11) is 0. The smallest absolute Gasteiger partial charge is 0.143 e. The molecule has 2 aromatic heterocycles. The van der Waals surface area contributed by atoms with Gasteiger partial charge in [0.25, 0.3) is 0 Å². The Morgan fingerprint density at radius 2 is 0.800 bits per heavy atom. The van der Waals surface area contributed by atoms with Gasteiger partial charge in [-0.2, -0.15) is 0 Å². The van der Waals surface area contributed by atoms with Gasteiger partial charge in [0.1, 0.15) is 22.3 Å². The average molecular weight is 704 g/mol. The topological polar surface area (TPSA) is 29.5 Å². The minimum atomic E-state index is 0.846. The van der Waals surface area contributed by atoms with Gasteiger partial charge in [-0.1, -0.05) is 133 Å². The SMILES string of the molecule is c1ccc(-c2cccc(N(c3cccc(-c4ccc5c(c4)oc4ccccc45)c3)c3ccc4c(c3)oc3c5ccccc5c(-c5ccccc5)cc43)c2)cc1. The van der Waals surface area contributed by atoms with Gasteiger partial charge in [0.2, 0.25) is 0 Å². The second-order valence-corrected chi connectivity index (χ2v) is 14.1. The van der Waals surface area contributed by atoms with Crippen LogP contribution in [0.3, 0.4) is 0 Å². The maximum atomic E-state index is 6.83. The van der Waals surface area contributed by atoms with E-state index < -0.39 is 0 Å². The monoisotopic (exact) mass is 703 g/mol. The van der Waals surface area contributed by atoms with E-state index in [1.165, 1.54) is 22.1 Å². The van der Waals surface area contributed by atoms with Crippen LogP contribution >= 0.6 is 0 Å². The second-order valence-electron chi connectivity index (χ2n) is 14.1. The molecule has 9 aromatic carbocycles. The number of hydrogen-bond acceptors (Lipinski definition) is 3. The number of anilines is 3. The molecule has 0 amide bonds. The van der Waals surface area contributed by atoms with Crippen molar-refractivity contribution >= 4 is 71.7 Å². The zero-order valence-electron chi connectivity index (χ0n) is 29.8. The Labute approximate surface area is 317 Å². The van der Waals surface area contributed by atoms with Crippen molar-refractivity contribution in [1.82, 2.24) is 0 Å². The van der Waals surface area contributed by atoms with Crippen LogP contribution in [0.25, 0.3) is 88.0 Å². The van der Waals surface area contributed by atoms with Gasteiger partial charge < -0.3 is 13.7 Å². The summed E-state index contributed by atoms with van der Waals surface area (Å²) in [5.41, 5.74) is 13.6. The zero-order chi connectivity index (χ0) is 36.3. The van der Waals surface area contributed by atoms with Gasteiger partial charge in [-0.05, 0) is 99.4 Å². The van der Waals surface area contributed by atoms with Gasteiger partial charge in [-0.3, -0.25) is 0 Å². The van der Waals surface area contributed by atoms with Crippen molar-refractivity contribution in [2.75, 3.05) is 4.90 Å². The van der Waals surface area contributed by atoms with Crippen molar-refractivity contribution in [3.8, 4) is 33.4 Å².